The molecule has 2 rings (SSSR count). The van der Waals surface area contributed by atoms with Crippen molar-refractivity contribution in [2.75, 3.05) is 66.5 Å². The maximum atomic E-state index is 4.38. The second-order valence-corrected chi connectivity index (χ2v) is 6.02. The molecule has 0 unspecified atom stereocenters. The maximum absolute atomic E-state index is 4.38. The number of likely N-dealkylation sites (tertiary alicyclic amines) is 1. The SMILES string of the molecule is CN=C(NCCCCN1CCN(C)CC1)N1CCCC1.I. The van der Waals surface area contributed by atoms with Gasteiger partial charge in [0.25, 0.3) is 0 Å². The Morgan fingerprint density at radius 3 is 2.29 bits per heavy atom. The third-order valence-corrected chi connectivity index (χ3v) is 4.40. The van der Waals surface area contributed by atoms with Crippen LogP contribution in [0.5, 0.6) is 0 Å². The van der Waals surface area contributed by atoms with Crippen molar-refractivity contribution in [3.63, 3.8) is 0 Å². The first-order valence-electron chi connectivity index (χ1n) is 8.16. The number of likely N-dealkylation sites (N-methyl/N-ethyl adjacent to an activating group) is 1. The van der Waals surface area contributed by atoms with E-state index < -0.39 is 0 Å². The summed E-state index contributed by atoms with van der Waals surface area (Å²) in [7, 11) is 4.11. The van der Waals surface area contributed by atoms with Crippen molar-refractivity contribution < 1.29 is 0 Å². The third-order valence-electron chi connectivity index (χ3n) is 4.40. The molecule has 124 valence electrons. The average Bonchev–Trinajstić information content (AvgIpc) is 2.99. The molecule has 2 heterocycles. The number of rotatable bonds is 5. The van der Waals surface area contributed by atoms with Crippen LogP contribution >= 0.6 is 24.0 Å². The van der Waals surface area contributed by atoms with Gasteiger partial charge < -0.3 is 20.0 Å². The van der Waals surface area contributed by atoms with E-state index in [4.69, 9.17) is 0 Å². The topological polar surface area (TPSA) is 34.1 Å². The standard InChI is InChI=1S/C15H31N5.HI/c1-16-15(20-9-5-6-10-20)17-7-3-4-8-19-13-11-18(2)12-14-19;/h3-14H2,1-2H3,(H,16,17);1H. The van der Waals surface area contributed by atoms with Gasteiger partial charge in [-0.15, -0.1) is 24.0 Å². The largest absolute Gasteiger partial charge is 0.356 e. The van der Waals surface area contributed by atoms with Crippen molar-refractivity contribution >= 4 is 29.9 Å². The first-order chi connectivity index (χ1) is 9.79. The second-order valence-electron chi connectivity index (χ2n) is 6.02. The van der Waals surface area contributed by atoms with Gasteiger partial charge >= 0.3 is 0 Å². The molecule has 21 heavy (non-hydrogen) atoms. The predicted molar refractivity (Wildman–Crippen MR) is 101 cm³/mol. The summed E-state index contributed by atoms with van der Waals surface area (Å²) in [5, 5.41) is 3.51. The number of nitrogens with zero attached hydrogens (tertiary/aromatic N) is 4. The lowest BCUT2D eigenvalue weighted by Crippen LogP contribution is -2.44. The van der Waals surface area contributed by atoms with Crippen LogP contribution in [-0.4, -0.2) is 87.1 Å². The molecule has 2 aliphatic heterocycles. The molecule has 0 amide bonds. The fourth-order valence-electron chi connectivity index (χ4n) is 2.99. The fraction of sp³-hybridized carbons (Fsp3) is 0.933. The molecule has 1 N–H and O–H groups in total. The van der Waals surface area contributed by atoms with Crippen LogP contribution < -0.4 is 5.32 Å². The molecule has 0 aromatic heterocycles. The number of aliphatic imine (C=N–C) groups is 1. The summed E-state index contributed by atoms with van der Waals surface area (Å²) in [6, 6.07) is 0. The molecule has 5 nitrogen and oxygen atoms in total. The van der Waals surface area contributed by atoms with Crippen LogP contribution in [0.2, 0.25) is 0 Å². The second kappa shape index (κ2) is 10.6. The minimum atomic E-state index is 0. The Kier molecular flexibility index (Phi) is 9.59. The zero-order valence-electron chi connectivity index (χ0n) is 13.7. The molecule has 0 saturated carbocycles. The highest BCUT2D eigenvalue weighted by atomic mass is 127. The molecule has 0 aliphatic carbocycles. The van der Waals surface area contributed by atoms with E-state index in [1.807, 2.05) is 7.05 Å². The van der Waals surface area contributed by atoms with E-state index in [1.54, 1.807) is 0 Å². The number of nitrogens with one attached hydrogen (secondary N) is 1. The van der Waals surface area contributed by atoms with E-state index in [0.717, 1.165) is 12.5 Å². The van der Waals surface area contributed by atoms with Crippen LogP contribution in [0.4, 0.5) is 0 Å². The van der Waals surface area contributed by atoms with Gasteiger partial charge in [0.15, 0.2) is 5.96 Å². The Hall–Kier alpha value is -0.0800. The lowest BCUT2D eigenvalue weighted by Gasteiger charge is -2.32. The monoisotopic (exact) mass is 409 g/mol. The smallest absolute Gasteiger partial charge is 0.193 e. The van der Waals surface area contributed by atoms with E-state index in [0.29, 0.717) is 0 Å². The molecule has 0 aromatic rings. The minimum Gasteiger partial charge on any atom is -0.356 e. The first-order valence-corrected chi connectivity index (χ1v) is 8.16. The summed E-state index contributed by atoms with van der Waals surface area (Å²) < 4.78 is 0. The Morgan fingerprint density at radius 2 is 1.67 bits per heavy atom. The molecule has 0 atom stereocenters. The van der Waals surface area contributed by atoms with Gasteiger partial charge in [-0.2, -0.15) is 0 Å². The predicted octanol–water partition coefficient (Wildman–Crippen LogP) is 1.30. The van der Waals surface area contributed by atoms with Crippen molar-refractivity contribution in [3.05, 3.63) is 0 Å². The Labute approximate surface area is 147 Å². The number of hydrogen-bond donors (Lipinski definition) is 1. The Bertz CT molecular complexity index is 296. The van der Waals surface area contributed by atoms with Crippen LogP contribution in [0.3, 0.4) is 0 Å². The van der Waals surface area contributed by atoms with Gasteiger partial charge in [0.2, 0.25) is 0 Å². The van der Waals surface area contributed by atoms with Gasteiger partial charge in [-0.05, 0) is 39.3 Å². The lowest BCUT2D eigenvalue weighted by atomic mass is 10.2. The van der Waals surface area contributed by atoms with Crippen LogP contribution in [0, 0.1) is 0 Å². The molecule has 0 radical (unpaired) electrons. The van der Waals surface area contributed by atoms with Gasteiger partial charge in [0.05, 0.1) is 0 Å². The van der Waals surface area contributed by atoms with Gasteiger partial charge in [0, 0.05) is 52.9 Å². The molecule has 2 saturated heterocycles. The third kappa shape index (κ3) is 6.69. The number of hydrogen-bond acceptors (Lipinski definition) is 3. The Morgan fingerprint density at radius 1 is 1.00 bits per heavy atom. The molecule has 6 heteroatoms. The van der Waals surface area contributed by atoms with Gasteiger partial charge in [-0.3, -0.25) is 4.99 Å². The quantitative estimate of drug-likeness (QED) is 0.321. The van der Waals surface area contributed by atoms with E-state index in [-0.39, 0.29) is 24.0 Å². The van der Waals surface area contributed by atoms with Crippen molar-refractivity contribution in [1.82, 2.24) is 20.0 Å². The van der Waals surface area contributed by atoms with Crippen molar-refractivity contribution in [2.24, 2.45) is 4.99 Å². The Balaban J connectivity index is 0.00000220. The molecule has 0 bridgehead atoms. The highest BCUT2D eigenvalue weighted by molar-refractivity contribution is 14.0. The number of halogens is 1. The van der Waals surface area contributed by atoms with Gasteiger partial charge in [-0.1, -0.05) is 0 Å². The first kappa shape index (κ1) is 19.0. The highest BCUT2D eigenvalue weighted by Crippen LogP contribution is 2.07. The normalized spacial score (nSPS) is 21.4. The summed E-state index contributed by atoms with van der Waals surface area (Å²) in [6.45, 7) is 9.55. The zero-order valence-corrected chi connectivity index (χ0v) is 16.0. The number of guanidine groups is 1. The number of unbranched alkanes of at least 4 members (excludes halogenated alkanes) is 1. The van der Waals surface area contributed by atoms with E-state index >= 15 is 0 Å². The molecule has 0 aromatic carbocycles. The molecule has 2 fully saturated rings. The summed E-state index contributed by atoms with van der Waals surface area (Å²) in [5.41, 5.74) is 0. The van der Waals surface area contributed by atoms with Crippen LogP contribution in [0.15, 0.2) is 4.99 Å². The molecule has 0 spiro atoms. The van der Waals surface area contributed by atoms with E-state index in [2.05, 4.69) is 32.1 Å². The van der Waals surface area contributed by atoms with Crippen molar-refractivity contribution in [1.29, 1.82) is 0 Å². The van der Waals surface area contributed by atoms with Crippen molar-refractivity contribution in [2.45, 2.75) is 25.7 Å². The van der Waals surface area contributed by atoms with Crippen LogP contribution in [0.1, 0.15) is 25.7 Å². The van der Waals surface area contributed by atoms with Crippen molar-refractivity contribution in [3.8, 4) is 0 Å². The molecular weight excluding hydrogens is 377 g/mol. The summed E-state index contributed by atoms with van der Waals surface area (Å²) in [5.74, 6) is 1.10. The highest BCUT2D eigenvalue weighted by Gasteiger charge is 2.15. The van der Waals surface area contributed by atoms with Crippen LogP contribution in [-0.2, 0) is 0 Å². The summed E-state index contributed by atoms with van der Waals surface area (Å²) in [4.78, 5) is 11.8. The summed E-state index contributed by atoms with van der Waals surface area (Å²) >= 11 is 0. The fourth-order valence-corrected chi connectivity index (χ4v) is 2.99. The van der Waals surface area contributed by atoms with Gasteiger partial charge in [-0.25, -0.2) is 0 Å². The average molecular weight is 409 g/mol. The number of piperazine rings is 1. The van der Waals surface area contributed by atoms with E-state index in [9.17, 15) is 0 Å². The lowest BCUT2D eigenvalue weighted by molar-refractivity contribution is 0.152. The summed E-state index contributed by atoms with van der Waals surface area (Å²) in [6.07, 6.45) is 5.14. The maximum Gasteiger partial charge on any atom is 0.193 e. The molecule has 2 aliphatic rings. The molecular formula is C15H32IN5. The van der Waals surface area contributed by atoms with Gasteiger partial charge in [0.1, 0.15) is 0 Å². The zero-order chi connectivity index (χ0) is 14.2. The van der Waals surface area contributed by atoms with Crippen LogP contribution in [0.25, 0.3) is 0 Å². The van der Waals surface area contributed by atoms with E-state index in [1.165, 1.54) is 71.5 Å². The minimum absolute atomic E-state index is 0.